The lowest BCUT2D eigenvalue weighted by Crippen LogP contribution is -2.40. The monoisotopic (exact) mass is 235 g/mol. The number of hydrogen-bond donors (Lipinski definition) is 1. The second-order valence-corrected chi connectivity index (χ2v) is 5.31. The molecule has 0 saturated heterocycles. The Balaban J connectivity index is 2.65. The van der Waals surface area contributed by atoms with Crippen molar-refractivity contribution in [2.45, 2.75) is 46.6 Å². The molecule has 0 unspecified atom stereocenters. The van der Waals surface area contributed by atoms with Gasteiger partial charge in [0.25, 0.3) is 0 Å². The first-order valence-corrected chi connectivity index (χ1v) is 6.41. The summed E-state index contributed by atoms with van der Waals surface area (Å²) in [5, 5.41) is 3.40. The Bertz CT molecular complexity index is 358. The molecule has 0 bridgehead atoms. The predicted octanol–water partition coefficient (Wildman–Crippen LogP) is 3.46. The van der Waals surface area contributed by atoms with Crippen molar-refractivity contribution in [3.8, 4) is 5.75 Å². The van der Waals surface area contributed by atoms with Gasteiger partial charge in [-0.2, -0.15) is 0 Å². The molecule has 96 valence electrons. The van der Waals surface area contributed by atoms with Gasteiger partial charge in [-0.3, -0.25) is 0 Å². The highest BCUT2D eigenvalue weighted by molar-refractivity contribution is 5.36. The average Bonchev–Trinajstić information content (AvgIpc) is 2.23. The third-order valence-electron chi connectivity index (χ3n) is 2.71. The minimum atomic E-state index is -0.173. The van der Waals surface area contributed by atoms with E-state index < -0.39 is 0 Å². The van der Waals surface area contributed by atoms with Crippen molar-refractivity contribution < 1.29 is 4.74 Å². The van der Waals surface area contributed by atoms with Crippen LogP contribution in [0.2, 0.25) is 0 Å². The van der Waals surface area contributed by atoms with E-state index in [-0.39, 0.29) is 5.60 Å². The molecular formula is C15H25NO. The maximum Gasteiger partial charge on any atom is 0.123 e. The highest BCUT2D eigenvalue weighted by Gasteiger charge is 2.20. The van der Waals surface area contributed by atoms with Crippen molar-refractivity contribution in [1.29, 1.82) is 0 Å². The van der Waals surface area contributed by atoms with Crippen LogP contribution >= 0.6 is 0 Å². The van der Waals surface area contributed by atoms with E-state index in [9.17, 15) is 0 Å². The van der Waals surface area contributed by atoms with Crippen molar-refractivity contribution in [2.24, 2.45) is 0 Å². The van der Waals surface area contributed by atoms with Crippen LogP contribution in [0, 0.1) is 13.8 Å². The fourth-order valence-corrected chi connectivity index (χ4v) is 1.72. The van der Waals surface area contributed by atoms with E-state index in [4.69, 9.17) is 4.74 Å². The Morgan fingerprint density at radius 1 is 1.24 bits per heavy atom. The molecule has 1 N–H and O–H groups in total. The van der Waals surface area contributed by atoms with E-state index >= 15 is 0 Å². The lowest BCUT2D eigenvalue weighted by atomic mass is 10.1. The van der Waals surface area contributed by atoms with Gasteiger partial charge < -0.3 is 10.1 Å². The summed E-state index contributed by atoms with van der Waals surface area (Å²) in [7, 11) is 0. The Morgan fingerprint density at radius 2 is 1.94 bits per heavy atom. The maximum absolute atomic E-state index is 6.10. The third kappa shape index (κ3) is 4.78. The Kier molecular flexibility index (Phi) is 5.01. The molecule has 2 nitrogen and oxygen atoms in total. The average molecular weight is 235 g/mol. The summed E-state index contributed by atoms with van der Waals surface area (Å²) in [6.45, 7) is 12.5. The summed E-state index contributed by atoms with van der Waals surface area (Å²) in [5.74, 6) is 0.994. The molecule has 0 heterocycles. The predicted molar refractivity (Wildman–Crippen MR) is 73.8 cm³/mol. The molecule has 1 aromatic carbocycles. The van der Waals surface area contributed by atoms with Crippen LogP contribution in [0.5, 0.6) is 5.75 Å². The van der Waals surface area contributed by atoms with Gasteiger partial charge in [-0.15, -0.1) is 0 Å². The van der Waals surface area contributed by atoms with E-state index in [0.717, 1.165) is 25.3 Å². The molecule has 0 radical (unpaired) electrons. The molecule has 0 saturated carbocycles. The quantitative estimate of drug-likeness (QED) is 0.762. The smallest absolute Gasteiger partial charge is 0.123 e. The van der Waals surface area contributed by atoms with Crippen LogP contribution in [-0.2, 0) is 0 Å². The van der Waals surface area contributed by atoms with Crippen LogP contribution in [-0.4, -0.2) is 18.7 Å². The van der Waals surface area contributed by atoms with E-state index in [1.165, 1.54) is 11.1 Å². The van der Waals surface area contributed by atoms with Gasteiger partial charge in [-0.05, 0) is 57.9 Å². The highest BCUT2D eigenvalue weighted by atomic mass is 16.5. The first-order valence-electron chi connectivity index (χ1n) is 6.41. The molecule has 0 fully saturated rings. The van der Waals surface area contributed by atoms with Gasteiger partial charge in [-0.1, -0.05) is 19.1 Å². The zero-order valence-electron chi connectivity index (χ0n) is 11.8. The summed E-state index contributed by atoms with van der Waals surface area (Å²) >= 11 is 0. The molecule has 1 aromatic rings. The first-order chi connectivity index (χ1) is 7.94. The lowest BCUT2D eigenvalue weighted by molar-refractivity contribution is 0.107. The molecule has 0 atom stereocenters. The third-order valence-corrected chi connectivity index (χ3v) is 2.71. The van der Waals surface area contributed by atoms with Gasteiger partial charge in [0.15, 0.2) is 0 Å². The van der Waals surface area contributed by atoms with Gasteiger partial charge in [0.2, 0.25) is 0 Å². The van der Waals surface area contributed by atoms with Gasteiger partial charge in [0.05, 0.1) is 0 Å². The fraction of sp³-hybridized carbons (Fsp3) is 0.600. The van der Waals surface area contributed by atoms with Crippen LogP contribution in [0.1, 0.15) is 38.3 Å². The van der Waals surface area contributed by atoms with Crippen molar-refractivity contribution in [2.75, 3.05) is 13.1 Å². The number of aryl methyl sites for hydroxylation is 2. The van der Waals surface area contributed by atoms with Gasteiger partial charge in [0.1, 0.15) is 11.4 Å². The van der Waals surface area contributed by atoms with Crippen molar-refractivity contribution in [3.05, 3.63) is 29.3 Å². The number of hydrogen-bond acceptors (Lipinski definition) is 2. The lowest BCUT2D eigenvalue weighted by Gasteiger charge is -2.28. The Hall–Kier alpha value is -1.02. The number of ether oxygens (including phenoxy) is 1. The molecule has 0 aromatic heterocycles. The summed E-state index contributed by atoms with van der Waals surface area (Å²) < 4.78 is 6.10. The van der Waals surface area contributed by atoms with E-state index in [2.05, 4.69) is 58.1 Å². The van der Waals surface area contributed by atoms with E-state index in [1.807, 2.05) is 0 Å². The summed E-state index contributed by atoms with van der Waals surface area (Å²) in [4.78, 5) is 0. The summed E-state index contributed by atoms with van der Waals surface area (Å²) in [6.07, 6.45) is 1.15. The second-order valence-electron chi connectivity index (χ2n) is 5.31. The summed E-state index contributed by atoms with van der Waals surface area (Å²) in [6, 6.07) is 6.33. The summed E-state index contributed by atoms with van der Waals surface area (Å²) in [5.41, 5.74) is 2.26. The molecule has 1 rings (SSSR count). The topological polar surface area (TPSA) is 21.3 Å². The molecule has 0 aliphatic rings. The van der Waals surface area contributed by atoms with Crippen LogP contribution in [0.25, 0.3) is 0 Å². The molecule has 0 aliphatic heterocycles. The molecule has 0 spiro atoms. The minimum Gasteiger partial charge on any atom is -0.486 e. The number of benzene rings is 1. The zero-order chi connectivity index (χ0) is 12.9. The van der Waals surface area contributed by atoms with Crippen molar-refractivity contribution in [3.63, 3.8) is 0 Å². The largest absolute Gasteiger partial charge is 0.486 e. The molecule has 2 heteroatoms. The van der Waals surface area contributed by atoms with Crippen molar-refractivity contribution >= 4 is 0 Å². The van der Waals surface area contributed by atoms with Crippen molar-refractivity contribution in [1.82, 2.24) is 5.32 Å². The van der Waals surface area contributed by atoms with Crippen LogP contribution in [0.4, 0.5) is 0 Å². The molecule has 17 heavy (non-hydrogen) atoms. The molecule has 0 aliphatic carbocycles. The van der Waals surface area contributed by atoms with Crippen LogP contribution < -0.4 is 10.1 Å². The highest BCUT2D eigenvalue weighted by Crippen LogP contribution is 2.23. The van der Waals surface area contributed by atoms with E-state index in [0.29, 0.717) is 0 Å². The van der Waals surface area contributed by atoms with Crippen LogP contribution in [0.3, 0.4) is 0 Å². The van der Waals surface area contributed by atoms with Crippen LogP contribution in [0.15, 0.2) is 18.2 Å². The number of rotatable bonds is 6. The van der Waals surface area contributed by atoms with Gasteiger partial charge in [-0.25, -0.2) is 0 Å². The Morgan fingerprint density at radius 3 is 2.59 bits per heavy atom. The molecular weight excluding hydrogens is 210 g/mol. The molecule has 0 amide bonds. The maximum atomic E-state index is 6.10. The number of nitrogens with one attached hydrogen (secondary N) is 1. The first kappa shape index (κ1) is 14.0. The normalized spacial score (nSPS) is 11.6. The zero-order valence-corrected chi connectivity index (χ0v) is 11.8. The van der Waals surface area contributed by atoms with Gasteiger partial charge >= 0.3 is 0 Å². The standard InChI is InChI=1S/C15H25NO/c1-6-9-16-11-15(4,5)17-14-10-12(2)7-8-13(14)3/h7-8,10,16H,6,9,11H2,1-5H3. The second kappa shape index (κ2) is 6.06. The Labute approximate surface area is 105 Å². The van der Waals surface area contributed by atoms with Gasteiger partial charge in [0, 0.05) is 6.54 Å². The SMILES string of the molecule is CCCNCC(C)(C)Oc1cc(C)ccc1C. The fourth-order valence-electron chi connectivity index (χ4n) is 1.72. The minimum absolute atomic E-state index is 0.173. The van der Waals surface area contributed by atoms with E-state index in [1.54, 1.807) is 0 Å².